The predicted octanol–water partition coefficient (Wildman–Crippen LogP) is 0.961. The van der Waals surface area contributed by atoms with Gasteiger partial charge in [-0.2, -0.15) is 0 Å². The van der Waals surface area contributed by atoms with E-state index in [-0.39, 0.29) is 0 Å². The third-order valence-electron chi connectivity index (χ3n) is 2.17. The monoisotopic (exact) mass is 215 g/mol. The summed E-state index contributed by atoms with van der Waals surface area (Å²) in [7, 11) is 1.92. The van der Waals surface area contributed by atoms with Crippen molar-refractivity contribution >= 4 is 0 Å². The molecular formula is C11H13N5. The highest BCUT2D eigenvalue weighted by atomic mass is 15.3. The van der Waals surface area contributed by atoms with Gasteiger partial charge in [0.25, 0.3) is 0 Å². The average Bonchev–Trinajstić information content (AvgIpc) is 2.32. The number of aryl methyl sites for hydroxylation is 1. The van der Waals surface area contributed by atoms with Crippen LogP contribution >= 0.6 is 0 Å². The van der Waals surface area contributed by atoms with Crippen molar-refractivity contribution in [2.45, 2.75) is 13.5 Å². The standard InChI is InChI=1S/C11H13N5/c1-8-13-15-11(16-14-8)10-5-3-9(4-6-10)7-12-2/h3-6,12H,7H2,1-2H3. The number of nitrogens with one attached hydrogen (secondary N) is 1. The summed E-state index contributed by atoms with van der Waals surface area (Å²) < 4.78 is 0. The van der Waals surface area contributed by atoms with Crippen LogP contribution < -0.4 is 5.32 Å². The molecule has 0 aliphatic carbocycles. The van der Waals surface area contributed by atoms with E-state index in [1.54, 1.807) is 6.92 Å². The van der Waals surface area contributed by atoms with E-state index in [1.807, 2.05) is 31.3 Å². The number of benzene rings is 1. The van der Waals surface area contributed by atoms with Crippen molar-refractivity contribution < 1.29 is 0 Å². The minimum Gasteiger partial charge on any atom is -0.316 e. The van der Waals surface area contributed by atoms with Crippen molar-refractivity contribution in [3.8, 4) is 11.4 Å². The van der Waals surface area contributed by atoms with Gasteiger partial charge in [0.2, 0.25) is 5.82 Å². The van der Waals surface area contributed by atoms with E-state index < -0.39 is 0 Å². The molecule has 2 rings (SSSR count). The van der Waals surface area contributed by atoms with E-state index in [2.05, 4.69) is 25.7 Å². The Kier molecular flexibility index (Phi) is 3.16. The second-order valence-electron chi connectivity index (χ2n) is 3.50. The Morgan fingerprint density at radius 1 is 1.00 bits per heavy atom. The molecule has 2 aromatic rings. The first-order valence-corrected chi connectivity index (χ1v) is 5.07. The summed E-state index contributed by atoms with van der Waals surface area (Å²) in [6.45, 7) is 2.62. The molecule has 1 aromatic carbocycles. The molecule has 0 saturated heterocycles. The fourth-order valence-electron chi connectivity index (χ4n) is 1.37. The van der Waals surface area contributed by atoms with Gasteiger partial charge < -0.3 is 5.32 Å². The summed E-state index contributed by atoms with van der Waals surface area (Å²) >= 11 is 0. The maximum atomic E-state index is 3.98. The highest BCUT2D eigenvalue weighted by Gasteiger charge is 2.02. The smallest absolute Gasteiger partial charge is 0.203 e. The lowest BCUT2D eigenvalue weighted by molar-refractivity contribution is 0.812. The third kappa shape index (κ3) is 2.38. The van der Waals surface area contributed by atoms with E-state index >= 15 is 0 Å². The van der Waals surface area contributed by atoms with Crippen molar-refractivity contribution in [2.75, 3.05) is 7.05 Å². The summed E-state index contributed by atoms with van der Waals surface area (Å²) in [5.41, 5.74) is 2.15. The van der Waals surface area contributed by atoms with Gasteiger partial charge in [-0.3, -0.25) is 0 Å². The van der Waals surface area contributed by atoms with Crippen LogP contribution in [0.3, 0.4) is 0 Å². The lowest BCUT2D eigenvalue weighted by atomic mass is 10.1. The second kappa shape index (κ2) is 4.76. The van der Waals surface area contributed by atoms with E-state index in [9.17, 15) is 0 Å². The lowest BCUT2D eigenvalue weighted by Crippen LogP contribution is -2.04. The fourth-order valence-corrected chi connectivity index (χ4v) is 1.37. The van der Waals surface area contributed by atoms with Gasteiger partial charge in [-0.05, 0) is 19.5 Å². The molecule has 0 unspecified atom stereocenters. The van der Waals surface area contributed by atoms with Gasteiger partial charge in [-0.15, -0.1) is 20.4 Å². The Bertz CT molecular complexity index is 449. The summed E-state index contributed by atoms with van der Waals surface area (Å²) in [6, 6.07) is 8.02. The Hall–Kier alpha value is -1.88. The minimum atomic E-state index is 0.557. The molecule has 16 heavy (non-hydrogen) atoms. The third-order valence-corrected chi connectivity index (χ3v) is 2.17. The SMILES string of the molecule is CNCc1ccc(-c2nnc(C)nn2)cc1. The van der Waals surface area contributed by atoms with Gasteiger partial charge in [-0.1, -0.05) is 24.3 Å². The summed E-state index contributed by atoms with van der Waals surface area (Å²) in [5, 5.41) is 18.8. The largest absolute Gasteiger partial charge is 0.316 e. The number of hydrogen-bond donors (Lipinski definition) is 1. The molecule has 0 amide bonds. The second-order valence-corrected chi connectivity index (χ2v) is 3.50. The molecule has 0 bridgehead atoms. The molecule has 1 N–H and O–H groups in total. The first kappa shape index (κ1) is 10.6. The number of hydrogen-bond acceptors (Lipinski definition) is 5. The van der Waals surface area contributed by atoms with Crippen LogP contribution in [0.5, 0.6) is 0 Å². The number of rotatable bonds is 3. The maximum Gasteiger partial charge on any atom is 0.203 e. The molecule has 0 aliphatic rings. The van der Waals surface area contributed by atoms with Crippen LogP contribution in [0.1, 0.15) is 11.4 Å². The van der Waals surface area contributed by atoms with Crippen molar-refractivity contribution in [1.29, 1.82) is 0 Å². The van der Waals surface area contributed by atoms with Crippen molar-refractivity contribution in [1.82, 2.24) is 25.7 Å². The first-order valence-electron chi connectivity index (χ1n) is 5.07. The Balaban J connectivity index is 2.24. The molecule has 0 aliphatic heterocycles. The van der Waals surface area contributed by atoms with Gasteiger partial charge in [0.05, 0.1) is 0 Å². The quantitative estimate of drug-likeness (QED) is 0.826. The predicted molar refractivity (Wildman–Crippen MR) is 60.6 cm³/mol. The van der Waals surface area contributed by atoms with Crippen LogP contribution in [0.2, 0.25) is 0 Å². The van der Waals surface area contributed by atoms with Crippen LogP contribution in [-0.2, 0) is 6.54 Å². The van der Waals surface area contributed by atoms with Gasteiger partial charge in [0.15, 0.2) is 5.82 Å². The Morgan fingerprint density at radius 2 is 1.62 bits per heavy atom. The Labute approximate surface area is 93.9 Å². The molecule has 1 aromatic heterocycles. The maximum absolute atomic E-state index is 3.98. The van der Waals surface area contributed by atoms with E-state index in [4.69, 9.17) is 0 Å². The molecule has 0 spiro atoms. The molecule has 82 valence electrons. The average molecular weight is 215 g/mol. The van der Waals surface area contributed by atoms with Gasteiger partial charge in [0.1, 0.15) is 0 Å². The molecule has 5 nitrogen and oxygen atoms in total. The molecule has 0 fully saturated rings. The van der Waals surface area contributed by atoms with Crippen LogP contribution in [0, 0.1) is 6.92 Å². The highest BCUT2D eigenvalue weighted by Crippen LogP contribution is 2.13. The summed E-state index contributed by atoms with van der Waals surface area (Å²) in [4.78, 5) is 0. The zero-order valence-electron chi connectivity index (χ0n) is 9.31. The van der Waals surface area contributed by atoms with Gasteiger partial charge in [0, 0.05) is 12.1 Å². The first-order chi connectivity index (χ1) is 7.79. The molecule has 0 atom stereocenters. The number of aromatic nitrogens is 4. The topological polar surface area (TPSA) is 63.6 Å². The normalized spacial score (nSPS) is 10.4. The van der Waals surface area contributed by atoms with Crippen LogP contribution in [0.4, 0.5) is 0 Å². The lowest BCUT2D eigenvalue weighted by Gasteiger charge is -2.01. The fraction of sp³-hybridized carbons (Fsp3) is 0.273. The van der Waals surface area contributed by atoms with Crippen LogP contribution in [0.15, 0.2) is 24.3 Å². The molecule has 1 heterocycles. The molecular weight excluding hydrogens is 202 g/mol. The zero-order chi connectivity index (χ0) is 11.4. The van der Waals surface area contributed by atoms with E-state index in [0.717, 1.165) is 12.1 Å². The zero-order valence-corrected chi connectivity index (χ0v) is 9.31. The number of nitrogens with zero attached hydrogens (tertiary/aromatic N) is 4. The van der Waals surface area contributed by atoms with Gasteiger partial charge >= 0.3 is 0 Å². The molecule has 0 saturated carbocycles. The van der Waals surface area contributed by atoms with Gasteiger partial charge in [-0.25, -0.2) is 0 Å². The van der Waals surface area contributed by atoms with Crippen LogP contribution in [0.25, 0.3) is 11.4 Å². The van der Waals surface area contributed by atoms with Crippen molar-refractivity contribution in [2.24, 2.45) is 0 Å². The summed E-state index contributed by atoms with van der Waals surface area (Å²) in [6.07, 6.45) is 0. The van der Waals surface area contributed by atoms with E-state index in [0.29, 0.717) is 11.6 Å². The highest BCUT2D eigenvalue weighted by molar-refractivity contribution is 5.54. The van der Waals surface area contributed by atoms with Crippen molar-refractivity contribution in [3.63, 3.8) is 0 Å². The van der Waals surface area contributed by atoms with E-state index in [1.165, 1.54) is 5.56 Å². The van der Waals surface area contributed by atoms with Crippen molar-refractivity contribution in [3.05, 3.63) is 35.7 Å². The molecule has 5 heteroatoms. The Morgan fingerprint density at radius 3 is 2.19 bits per heavy atom. The minimum absolute atomic E-state index is 0.557. The summed E-state index contributed by atoms with van der Waals surface area (Å²) in [5.74, 6) is 1.14. The molecule has 0 radical (unpaired) electrons. The van der Waals surface area contributed by atoms with Crippen LogP contribution in [-0.4, -0.2) is 27.4 Å².